The molecule has 2 rings (SSSR count). The lowest BCUT2D eigenvalue weighted by molar-refractivity contribution is -0.145. The molecule has 4 heteroatoms. The zero-order valence-electron chi connectivity index (χ0n) is 10.3. The Bertz CT molecular complexity index is 479. The first-order chi connectivity index (χ1) is 8.47. The Morgan fingerprint density at radius 3 is 2.50 bits per heavy atom. The van der Waals surface area contributed by atoms with Gasteiger partial charge in [-0.3, -0.25) is 4.79 Å². The number of rotatable bonds is 2. The maximum absolute atomic E-state index is 13.5. The fraction of sp³-hybridized carbons (Fsp3) is 0.500. The first-order valence-corrected chi connectivity index (χ1v) is 6.55. The van der Waals surface area contributed by atoms with Crippen LogP contribution in [0.15, 0.2) is 12.1 Å². The van der Waals surface area contributed by atoms with Crippen LogP contribution in [0.3, 0.4) is 0 Å². The van der Waals surface area contributed by atoms with E-state index in [1.807, 2.05) is 0 Å². The molecule has 1 aromatic rings. The molecule has 0 radical (unpaired) electrons. The second-order valence-electron chi connectivity index (χ2n) is 5.01. The third kappa shape index (κ3) is 2.12. The minimum Gasteiger partial charge on any atom is -0.481 e. The maximum Gasteiger partial charge on any atom is 0.314 e. The smallest absolute Gasteiger partial charge is 0.314 e. The quantitative estimate of drug-likeness (QED) is 0.879. The molecule has 2 nitrogen and oxygen atoms in total. The number of benzene rings is 1. The van der Waals surface area contributed by atoms with Crippen LogP contribution in [0.5, 0.6) is 0 Å². The van der Waals surface area contributed by atoms with Crippen molar-refractivity contribution in [1.29, 1.82) is 0 Å². The van der Waals surface area contributed by atoms with Crippen LogP contribution in [0.4, 0.5) is 4.39 Å². The van der Waals surface area contributed by atoms with Crippen molar-refractivity contribution in [3.05, 3.63) is 34.1 Å². The summed E-state index contributed by atoms with van der Waals surface area (Å²) >= 11 is 5.97. The lowest BCUT2D eigenvalue weighted by Crippen LogP contribution is -2.38. The molecule has 1 N–H and O–H groups in total. The van der Waals surface area contributed by atoms with Crippen LogP contribution in [0.2, 0.25) is 5.02 Å². The summed E-state index contributed by atoms with van der Waals surface area (Å²) in [6.45, 7) is 1.76. The Morgan fingerprint density at radius 2 is 1.94 bits per heavy atom. The van der Waals surface area contributed by atoms with Crippen molar-refractivity contribution < 1.29 is 14.3 Å². The number of carbonyl (C=O) groups is 1. The van der Waals surface area contributed by atoms with E-state index in [9.17, 15) is 14.3 Å². The van der Waals surface area contributed by atoms with Gasteiger partial charge in [0.1, 0.15) is 5.82 Å². The predicted octanol–water partition coefficient (Wildman–Crippen LogP) is 4.07. The van der Waals surface area contributed by atoms with Crippen molar-refractivity contribution >= 4 is 17.6 Å². The highest BCUT2D eigenvalue weighted by atomic mass is 35.5. The number of halogens is 2. The molecule has 0 heterocycles. The highest BCUT2D eigenvalue weighted by Gasteiger charge is 2.42. The second kappa shape index (κ2) is 4.88. The minimum absolute atomic E-state index is 0.302. The van der Waals surface area contributed by atoms with Crippen molar-refractivity contribution in [1.82, 2.24) is 0 Å². The van der Waals surface area contributed by atoms with Gasteiger partial charge >= 0.3 is 5.97 Å². The largest absolute Gasteiger partial charge is 0.481 e. The Morgan fingerprint density at radius 1 is 1.33 bits per heavy atom. The Labute approximate surface area is 111 Å². The summed E-state index contributed by atoms with van der Waals surface area (Å²) in [5.41, 5.74) is 0.260. The number of hydrogen-bond donors (Lipinski definition) is 1. The maximum atomic E-state index is 13.5. The fourth-order valence-corrected chi connectivity index (χ4v) is 3.10. The van der Waals surface area contributed by atoms with Crippen LogP contribution in [0, 0.1) is 12.7 Å². The van der Waals surface area contributed by atoms with E-state index in [-0.39, 0.29) is 0 Å². The van der Waals surface area contributed by atoms with E-state index in [1.165, 1.54) is 12.1 Å². The molecule has 0 amide bonds. The molecule has 0 aliphatic heterocycles. The zero-order valence-corrected chi connectivity index (χ0v) is 11.1. The van der Waals surface area contributed by atoms with Crippen molar-refractivity contribution in [2.45, 2.75) is 44.4 Å². The van der Waals surface area contributed by atoms with E-state index in [1.54, 1.807) is 6.92 Å². The molecule has 18 heavy (non-hydrogen) atoms. The monoisotopic (exact) mass is 270 g/mol. The van der Waals surface area contributed by atoms with Gasteiger partial charge in [0.05, 0.1) is 5.41 Å². The molecule has 0 unspecified atom stereocenters. The molecule has 1 aromatic carbocycles. The molecule has 0 saturated heterocycles. The van der Waals surface area contributed by atoms with Crippen LogP contribution >= 0.6 is 11.6 Å². The molecule has 0 atom stereocenters. The molecule has 1 saturated carbocycles. The first-order valence-electron chi connectivity index (χ1n) is 6.17. The topological polar surface area (TPSA) is 37.3 Å². The van der Waals surface area contributed by atoms with Crippen molar-refractivity contribution in [3.63, 3.8) is 0 Å². The molecule has 98 valence electrons. The van der Waals surface area contributed by atoms with Crippen LogP contribution < -0.4 is 0 Å². The highest BCUT2D eigenvalue weighted by Crippen LogP contribution is 2.42. The van der Waals surface area contributed by atoms with Crippen LogP contribution in [0.25, 0.3) is 0 Å². The SMILES string of the molecule is Cc1c(Cl)cc(F)cc1C1(C(=O)O)CCCCC1. The molecule has 1 aliphatic carbocycles. The van der Waals surface area contributed by atoms with Gasteiger partial charge in [0.25, 0.3) is 0 Å². The van der Waals surface area contributed by atoms with E-state index < -0.39 is 17.2 Å². The molecule has 0 bridgehead atoms. The van der Waals surface area contributed by atoms with E-state index in [0.717, 1.165) is 19.3 Å². The highest BCUT2D eigenvalue weighted by molar-refractivity contribution is 6.31. The van der Waals surface area contributed by atoms with E-state index in [4.69, 9.17) is 11.6 Å². The number of carboxylic acid groups (broad SMARTS) is 1. The summed E-state index contributed by atoms with van der Waals surface area (Å²) in [6.07, 6.45) is 3.88. The van der Waals surface area contributed by atoms with E-state index >= 15 is 0 Å². The molecular weight excluding hydrogens is 255 g/mol. The van der Waals surface area contributed by atoms with Gasteiger partial charge in [0.15, 0.2) is 0 Å². The second-order valence-corrected chi connectivity index (χ2v) is 5.42. The summed E-state index contributed by atoms with van der Waals surface area (Å²) in [4.78, 5) is 11.7. The first kappa shape index (κ1) is 13.3. The lowest BCUT2D eigenvalue weighted by Gasteiger charge is -2.35. The van der Waals surface area contributed by atoms with Crippen LogP contribution in [-0.4, -0.2) is 11.1 Å². The third-order valence-electron chi connectivity index (χ3n) is 3.94. The van der Waals surface area contributed by atoms with Crippen LogP contribution in [-0.2, 0) is 10.2 Å². The van der Waals surface area contributed by atoms with Crippen LogP contribution in [0.1, 0.15) is 43.2 Å². The van der Waals surface area contributed by atoms with Gasteiger partial charge in [-0.1, -0.05) is 30.9 Å². The van der Waals surface area contributed by atoms with Gasteiger partial charge in [-0.15, -0.1) is 0 Å². The molecular formula is C14H16ClFO2. The summed E-state index contributed by atoms with van der Waals surface area (Å²) in [5, 5.41) is 9.88. The Kier molecular flexibility index (Phi) is 3.62. The predicted molar refractivity (Wildman–Crippen MR) is 68.5 cm³/mol. The Balaban J connectivity index is 2.59. The van der Waals surface area contributed by atoms with Crippen molar-refractivity contribution in [3.8, 4) is 0 Å². The zero-order chi connectivity index (χ0) is 13.3. The van der Waals surface area contributed by atoms with Gasteiger partial charge in [-0.05, 0) is 43.0 Å². The average Bonchev–Trinajstić information content (AvgIpc) is 2.34. The minimum atomic E-state index is -0.964. The van der Waals surface area contributed by atoms with Gasteiger partial charge in [0.2, 0.25) is 0 Å². The summed E-state index contributed by atoms with van der Waals surface area (Å²) in [7, 11) is 0. The van der Waals surface area contributed by atoms with E-state index in [0.29, 0.717) is 29.0 Å². The third-order valence-corrected chi connectivity index (χ3v) is 4.33. The number of hydrogen-bond acceptors (Lipinski definition) is 1. The van der Waals surface area contributed by atoms with Gasteiger partial charge < -0.3 is 5.11 Å². The van der Waals surface area contributed by atoms with Gasteiger partial charge in [-0.25, -0.2) is 4.39 Å². The summed E-state index contributed by atoms with van der Waals surface area (Å²) in [5.74, 6) is -1.33. The van der Waals surface area contributed by atoms with Crippen molar-refractivity contribution in [2.24, 2.45) is 0 Å². The summed E-state index contributed by atoms with van der Waals surface area (Å²) in [6, 6.07) is 2.57. The molecule has 0 aromatic heterocycles. The summed E-state index contributed by atoms with van der Waals surface area (Å²) < 4.78 is 13.5. The standard InChI is InChI=1S/C14H16ClFO2/c1-9-11(7-10(16)8-12(9)15)14(13(17)18)5-3-2-4-6-14/h7-8H,2-6H2,1H3,(H,17,18). The van der Waals surface area contributed by atoms with Gasteiger partial charge in [-0.2, -0.15) is 0 Å². The number of carboxylic acids is 1. The molecule has 0 spiro atoms. The average molecular weight is 271 g/mol. The molecule has 1 aliphatic rings. The number of aliphatic carboxylic acids is 1. The fourth-order valence-electron chi connectivity index (χ4n) is 2.90. The van der Waals surface area contributed by atoms with Gasteiger partial charge in [0, 0.05) is 5.02 Å². The molecule has 1 fully saturated rings. The lowest BCUT2D eigenvalue weighted by atomic mass is 9.68. The Hall–Kier alpha value is -1.09. The van der Waals surface area contributed by atoms with E-state index in [2.05, 4.69) is 0 Å². The normalized spacial score (nSPS) is 18.6. The van der Waals surface area contributed by atoms with Crippen molar-refractivity contribution in [2.75, 3.05) is 0 Å².